The van der Waals surface area contributed by atoms with Crippen LogP contribution in [-0.2, 0) is 44.9 Å². The van der Waals surface area contributed by atoms with Gasteiger partial charge in [-0.1, -0.05) is 41.9 Å². The van der Waals surface area contributed by atoms with Crippen molar-refractivity contribution in [3.8, 4) is 10.4 Å². The molecule has 14 heteroatoms. The molecule has 2 fully saturated rings. The maximum atomic E-state index is 14.1. The van der Waals surface area contributed by atoms with Gasteiger partial charge in [0.25, 0.3) is 0 Å². The Balaban J connectivity index is 1.40. The molecule has 1 unspecified atom stereocenters. The number of ether oxygens (including phenoxy) is 2. The number of nitrogens with two attached hydrogens (primary N) is 1. The molecule has 11 nitrogen and oxygen atoms in total. The van der Waals surface area contributed by atoms with Crippen molar-refractivity contribution < 1.29 is 37.1 Å². The molecule has 5 rings (SSSR count). The second-order valence-electron chi connectivity index (χ2n) is 13.2. The molecule has 0 saturated carbocycles. The van der Waals surface area contributed by atoms with Crippen LogP contribution in [0.4, 0.5) is 10.5 Å². The van der Waals surface area contributed by atoms with Gasteiger partial charge in [0.15, 0.2) is 16.1 Å². The van der Waals surface area contributed by atoms with E-state index in [1.165, 1.54) is 16.2 Å². The number of hydrogen-bond acceptors (Lipinski definition) is 9. The van der Waals surface area contributed by atoms with E-state index in [1.807, 2.05) is 18.2 Å². The van der Waals surface area contributed by atoms with Crippen LogP contribution in [-0.4, -0.2) is 68.6 Å². The third-order valence-electron chi connectivity index (χ3n) is 8.48. The maximum absolute atomic E-state index is 14.1. The molecule has 0 spiro atoms. The van der Waals surface area contributed by atoms with E-state index in [-0.39, 0.29) is 37.6 Å². The number of rotatable bonds is 9. The highest BCUT2D eigenvalue weighted by molar-refractivity contribution is 7.92. The molecule has 49 heavy (non-hydrogen) atoms. The molecule has 2 atom stereocenters. The van der Waals surface area contributed by atoms with Crippen molar-refractivity contribution >= 4 is 56.4 Å². The molecule has 264 valence electrons. The average Bonchev–Trinajstić information content (AvgIpc) is 3.49. The van der Waals surface area contributed by atoms with Crippen LogP contribution < -0.4 is 10.8 Å². The number of halogens is 1. The van der Waals surface area contributed by atoms with Gasteiger partial charge >= 0.3 is 6.09 Å². The Morgan fingerprint density at radius 3 is 2.47 bits per heavy atom. The van der Waals surface area contributed by atoms with Crippen molar-refractivity contribution in [2.24, 2.45) is 5.73 Å². The largest absolute Gasteiger partial charge is 0.442 e. The lowest BCUT2D eigenvalue weighted by Gasteiger charge is -2.32. The Morgan fingerprint density at radius 1 is 1.06 bits per heavy atom. The Hall–Kier alpha value is -3.49. The summed E-state index contributed by atoms with van der Waals surface area (Å²) in [5.74, 6) is -1.44. The summed E-state index contributed by atoms with van der Waals surface area (Å²) in [5.41, 5.74) is 6.51. The van der Waals surface area contributed by atoms with Gasteiger partial charge in [-0.3, -0.25) is 9.59 Å². The lowest BCUT2D eigenvalue weighted by Crippen LogP contribution is -2.42. The molecule has 2 saturated heterocycles. The number of hydrogen-bond donors (Lipinski definition) is 1. The highest BCUT2D eigenvalue weighted by Crippen LogP contribution is 2.45. The van der Waals surface area contributed by atoms with E-state index >= 15 is 0 Å². The second kappa shape index (κ2) is 15.2. The van der Waals surface area contributed by atoms with Gasteiger partial charge in [0.2, 0.25) is 11.8 Å². The molecule has 2 N–H and O–H groups in total. The molecule has 0 bridgehead atoms. The molecule has 3 amide bonds. The summed E-state index contributed by atoms with van der Waals surface area (Å²) in [7, 11) is -3.96. The summed E-state index contributed by atoms with van der Waals surface area (Å²) in [6.45, 7) is 5.74. The minimum atomic E-state index is -3.96. The number of carbonyl (C=O) groups is 3. The number of nitrogens with zero attached hydrogens (tertiary/aromatic N) is 2. The van der Waals surface area contributed by atoms with E-state index in [0.717, 1.165) is 28.3 Å². The van der Waals surface area contributed by atoms with Crippen LogP contribution in [0.1, 0.15) is 63.3 Å². The van der Waals surface area contributed by atoms with Crippen LogP contribution in [0.5, 0.6) is 0 Å². The first-order valence-corrected chi connectivity index (χ1v) is 19.1. The third kappa shape index (κ3) is 8.82. The second-order valence-corrected chi connectivity index (χ2v) is 17.2. The summed E-state index contributed by atoms with van der Waals surface area (Å²) in [4.78, 5) is 48.6. The quantitative estimate of drug-likeness (QED) is 0.255. The zero-order valence-electron chi connectivity index (χ0n) is 27.9. The highest BCUT2D eigenvalue weighted by atomic mass is 35.5. The Bertz CT molecular complexity index is 1770. The smallest absolute Gasteiger partial charge is 0.439 e. The van der Waals surface area contributed by atoms with Gasteiger partial charge < -0.3 is 20.1 Å². The van der Waals surface area contributed by atoms with E-state index in [9.17, 15) is 22.8 Å². The zero-order valence-corrected chi connectivity index (χ0v) is 30.2. The Kier molecular flexibility index (Phi) is 11.4. The average molecular weight is 732 g/mol. The van der Waals surface area contributed by atoms with Gasteiger partial charge in [-0.25, -0.2) is 18.0 Å². The van der Waals surface area contributed by atoms with E-state index < -0.39 is 44.9 Å². The molecule has 0 aliphatic carbocycles. The van der Waals surface area contributed by atoms with Crippen molar-refractivity contribution in [3.05, 3.63) is 76.1 Å². The SMILES string of the molecule is CC(C)(C)OC(=O)N(OC1CCCCO1)c1ccccc1CC(=O)N1CC[C@@](CC(N)=O)(c2ccc(-c3ccc(Cl)cc3)s2)S(=O)(=O)CC1. The van der Waals surface area contributed by atoms with Gasteiger partial charge in [0.05, 0.1) is 24.3 Å². The number of carbonyl (C=O) groups excluding carboxylic acids is 3. The Morgan fingerprint density at radius 2 is 1.80 bits per heavy atom. The summed E-state index contributed by atoms with van der Waals surface area (Å²) < 4.78 is 37.9. The number of anilines is 1. The van der Waals surface area contributed by atoms with Gasteiger partial charge in [-0.2, -0.15) is 0 Å². The first-order valence-electron chi connectivity index (χ1n) is 16.2. The van der Waals surface area contributed by atoms with E-state index in [1.54, 1.807) is 63.2 Å². The lowest BCUT2D eigenvalue weighted by atomic mass is 9.97. The van der Waals surface area contributed by atoms with Crippen LogP contribution in [0.3, 0.4) is 0 Å². The fourth-order valence-electron chi connectivity index (χ4n) is 6.00. The van der Waals surface area contributed by atoms with Crippen molar-refractivity contribution in [1.29, 1.82) is 0 Å². The molecule has 2 aromatic carbocycles. The summed E-state index contributed by atoms with van der Waals surface area (Å²) in [5, 5.41) is 1.62. The molecule has 3 heterocycles. The van der Waals surface area contributed by atoms with E-state index in [0.29, 0.717) is 34.2 Å². The van der Waals surface area contributed by atoms with E-state index in [4.69, 9.17) is 31.6 Å². The number of amides is 3. The number of benzene rings is 2. The summed E-state index contributed by atoms with van der Waals surface area (Å²) >= 11 is 7.34. The van der Waals surface area contributed by atoms with Gasteiger partial charge in [-0.15, -0.1) is 16.4 Å². The monoisotopic (exact) mass is 731 g/mol. The number of sulfone groups is 1. The van der Waals surface area contributed by atoms with Crippen LogP contribution in [0.15, 0.2) is 60.7 Å². The predicted molar refractivity (Wildman–Crippen MR) is 189 cm³/mol. The lowest BCUT2D eigenvalue weighted by molar-refractivity contribution is -0.167. The van der Waals surface area contributed by atoms with Gasteiger partial charge in [0.1, 0.15) is 10.3 Å². The molecular weight excluding hydrogens is 690 g/mol. The highest BCUT2D eigenvalue weighted by Gasteiger charge is 2.49. The predicted octanol–water partition coefficient (Wildman–Crippen LogP) is 6.23. The van der Waals surface area contributed by atoms with Gasteiger partial charge in [-0.05, 0) is 81.5 Å². The first-order chi connectivity index (χ1) is 23.2. The fraction of sp³-hybridized carbons (Fsp3) is 0.457. The van der Waals surface area contributed by atoms with Crippen LogP contribution in [0, 0.1) is 0 Å². The first kappa shape index (κ1) is 36.8. The molecule has 2 aliphatic heterocycles. The van der Waals surface area contributed by atoms with E-state index in [2.05, 4.69) is 0 Å². The third-order valence-corrected chi connectivity index (χ3v) is 12.7. The normalized spacial score (nSPS) is 21.1. The molecule has 1 aromatic heterocycles. The minimum Gasteiger partial charge on any atom is -0.442 e. The Labute approximate surface area is 296 Å². The van der Waals surface area contributed by atoms with Gasteiger partial charge in [0, 0.05) is 40.9 Å². The molecule has 2 aliphatic rings. The van der Waals surface area contributed by atoms with Crippen molar-refractivity contribution in [2.45, 2.75) is 75.9 Å². The summed E-state index contributed by atoms with van der Waals surface area (Å²) in [6.07, 6.45) is 0.346. The fourth-order valence-corrected chi connectivity index (χ4v) is 9.75. The number of hydroxylamine groups is 1. The molecule has 0 radical (unpaired) electrons. The zero-order chi connectivity index (χ0) is 35.4. The number of para-hydroxylation sites is 1. The summed E-state index contributed by atoms with van der Waals surface area (Å²) in [6, 6.07) is 17.6. The van der Waals surface area contributed by atoms with Crippen LogP contribution in [0.25, 0.3) is 10.4 Å². The van der Waals surface area contributed by atoms with Crippen molar-refractivity contribution in [1.82, 2.24) is 4.90 Å². The number of thiophene rings is 1. The van der Waals surface area contributed by atoms with Crippen LogP contribution >= 0.6 is 22.9 Å². The van der Waals surface area contributed by atoms with Crippen LogP contribution in [0.2, 0.25) is 5.02 Å². The maximum Gasteiger partial charge on any atom is 0.439 e. The van der Waals surface area contributed by atoms with Crippen molar-refractivity contribution in [2.75, 3.05) is 30.5 Å². The standard InChI is InChI=1S/C35H42ClN3O8S2/c1-34(2,3)46-33(42)39(47-32-10-6-7-20-45-32)27-9-5-4-8-25(27)22-31(41)38-18-17-35(23-30(37)40,49(43,44)21-19-38)29-16-15-28(48-29)24-11-13-26(36)14-12-24/h4-5,8-9,11-16,32H,6-7,10,17-23H2,1-3H3,(H2,37,40)/t32?,35-/m1/s1. The topological polar surface area (TPSA) is 146 Å². The number of primary amides is 1. The molecular formula is C35H42ClN3O8S2. The molecule has 3 aromatic rings. The van der Waals surface area contributed by atoms with Crippen molar-refractivity contribution in [3.63, 3.8) is 0 Å². The minimum absolute atomic E-state index is 0.0155.